The summed E-state index contributed by atoms with van der Waals surface area (Å²) < 4.78 is 5.28. The van der Waals surface area contributed by atoms with E-state index >= 15 is 0 Å². The van der Waals surface area contributed by atoms with Gasteiger partial charge in [0.1, 0.15) is 0 Å². The fourth-order valence-electron chi connectivity index (χ4n) is 2.51. The monoisotopic (exact) mass is 395 g/mol. The molecule has 28 heavy (non-hydrogen) atoms. The zero-order valence-electron chi connectivity index (χ0n) is 14.8. The molecule has 2 heterocycles. The van der Waals surface area contributed by atoms with Crippen LogP contribution in [0.2, 0.25) is 0 Å². The molecule has 1 aromatic carbocycles. The SMILES string of the molecule is NC(=O)c1ccc(NC(=O)CSc2ccc(-c3nc(C4CC4)no3)cn2)cc1. The minimum Gasteiger partial charge on any atom is -0.366 e. The number of carbonyl (C=O) groups excluding carboxylic acids is 2. The van der Waals surface area contributed by atoms with Crippen LogP contribution in [0.3, 0.4) is 0 Å². The second kappa shape index (κ2) is 7.81. The maximum Gasteiger partial charge on any atom is 0.259 e. The third-order valence-corrected chi connectivity index (χ3v) is 5.12. The highest BCUT2D eigenvalue weighted by atomic mass is 32.2. The van der Waals surface area contributed by atoms with E-state index in [1.807, 2.05) is 12.1 Å². The molecule has 2 aromatic heterocycles. The number of hydrogen-bond acceptors (Lipinski definition) is 7. The van der Waals surface area contributed by atoms with Gasteiger partial charge in [0.2, 0.25) is 11.8 Å². The summed E-state index contributed by atoms with van der Waals surface area (Å²) in [6.07, 6.45) is 3.89. The molecule has 8 nitrogen and oxygen atoms in total. The van der Waals surface area contributed by atoms with Gasteiger partial charge in [0, 0.05) is 23.4 Å². The number of aromatic nitrogens is 3. The minimum absolute atomic E-state index is 0.173. The van der Waals surface area contributed by atoms with Crippen LogP contribution in [0.4, 0.5) is 5.69 Å². The van der Waals surface area contributed by atoms with Gasteiger partial charge in [0.05, 0.1) is 16.3 Å². The molecule has 1 aliphatic rings. The largest absolute Gasteiger partial charge is 0.366 e. The standard InChI is InChI=1S/C19H17N5O3S/c20-17(26)11-3-6-14(7-4-11)22-15(25)10-28-16-8-5-13(9-21-16)19-23-18(24-27-19)12-1-2-12/h3-9,12H,1-2,10H2,(H2,20,26)(H,22,25). The van der Waals surface area contributed by atoms with Crippen molar-refractivity contribution in [1.29, 1.82) is 0 Å². The highest BCUT2D eigenvalue weighted by Gasteiger charge is 2.29. The van der Waals surface area contributed by atoms with Crippen molar-refractivity contribution in [1.82, 2.24) is 15.1 Å². The van der Waals surface area contributed by atoms with Crippen molar-refractivity contribution in [3.63, 3.8) is 0 Å². The van der Waals surface area contributed by atoms with Gasteiger partial charge in [-0.25, -0.2) is 4.98 Å². The average Bonchev–Trinajstić information content (AvgIpc) is 3.44. The Morgan fingerprint density at radius 3 is 2.61 bits per heavy atom. The number of thioether (sulfide) groups is 1. The molecule has 0 unspecified atom stereocenters. The number of nitrogens with two attached hydrogens (primary N) is 1. The maximum atomic E-state index is 12.1. The van der Waals surface area contributed by atoms with Gasteiger partial charge >= 0.3 is 0 Å². The Labute approximate surface area is 164 Å². The van der Waals surface area contributed by atoms with Crippen LogP contribution in [-0.4, -0.2) is 32.7 Å². The lowest BCUT2D eigenvalue weighted by molar-refractivity contribution is -0.113. The Bertz CT molecular complexity index is 997. The van der Waals surface area contributed by atoms with Crippen molar-refractivity contribution < 1.29 is 14.1 Å². The van der Waals surface area contributed by atoms with E-state index < -0.39 is 5.91 Å². The van der Waals surface area contributed by atoms with E-state index in [9.17, 15) is 9.59 Å². The number of amides is 2. The molecule has 4 rings (SSSR count). The molecule has 2 amide bonds. The highest BCUT2D eigenvalue weighted by Crippen LogP contribution is 2.38. The van der Waals surface area contributed by atoms with Crippen LogP contribution in [0.1, 0.15) is 34.9 Å². The zero-order chi connectivity index (χ0) is 19.5. The number of nitrogens with zero attached hydrogens (tertiary/aromatic N) is 3. The van der Waals surface area contributed by atoms with Crippen LogP contribution >= 0.6 is 11.8 Å². The van der Waals surface area contributed by atoms with E-state index in [4.69, 9.17) is 10.3 Å². The molecule has 0 radical (unpaired) electrons. The van der Waals surface area contributed by atoms with E-state index in [0.29, 0.717) is 28.1 Å². The third-order valence-electron chi connectivity index (χ3n) is 4.17. The first-order valence-electron chi connectivity index (χ1n) is 8.71. The summed E-state index contributed by atoms with van der Waals surface area (Å²) in [5.41, 5.74) is 6.93. The average molecular weight is 395 g/mol. The summed E-state index contributed by atoms with van der Waals surface area (Å²) in [4.78, 5) is 31.9. The molecular weight excluding hydrogens is 378 g/mol. The summed E-state index contributed by atoms with van der Waals surface area (Å²) in [5, 5.41) is 7.47. The molecule has 3 N–H and O–H groups in total. The first-order valence-corrected chi connectivity index (χ1v) is 9.69. The molecule has 1 aliphatic carbocycles. The van der Waals surface area contributed by atoms with Gasteiger partial charge in [-0.3, -0.25) is 9.59 Å². The van der Waals surface area contributed by atoms with E-state index in [1.165, 1.54) is 11.8 Å². The Morgan fingerprint density at radius 2 is 1.96 bits per heavy atom. The second-order valence-corrected chi connectivity index (χ2v) is 7.39. The summed E-state index contributed by atoms with van der Waals surface area (Å²) in [6.45, 7) is 0. The number of anilines is 1. The Balaban J connectivity index is 1.30. The van der Waals surface area contributed by atoms with Crippen LogP contribution in [0.25, 0.3) is 11.5 Å². The number of benzene rings is 1. The number of primary amides is 1. The molecule has 3 aromatic rings. The normalized spacial score (nSPS) is 13.3. The molecular formula is C19H17N5O3S. The fraction of sp³-hybridized carbons (Fsp3) is 0.211. The van der Waals surface area contributed by atoms with E-state index in [-0.39, 0.29) is 11.7 Å². The van der Waals surface area contributed by atoms with Crippen LogP contribution < -0.4 is 11.1 Å². The minimum atomic E-state index is -0.507. The Hall–Kier alpha value is -3.20. The first-order chi connectivity index (χ1) is 13.6. The van der Waals surface area contributed by atoms with Crippen LogP contribution in [0.5, 0.6) is 0 Å². The fourth-order valence-corrected chi connectivity index (χ4v) is 3.15. The van der Waals surface area contributed by atoms with E-state index in [0.717, 1.165) is 24.2 Å². The number of hydrogen-bond donors (Lipinski definition) is 2. The molecule has 0 atom stereocenters. The van der Waals surface area contributed by atoms with Gasteiger partial charge in [0.15, 0.2) is 5.82 Å². The topological polar surface area (TPSA) is 124 Å². The molecule has 1 fully saturated rings. The molecule has 0 aliphatic heterocycles. The van der Waals surface area contributed by atoms with Crippen LogP contribution in [0.15, 0.2) is 52.1 Å². The van der Waals surface area contributed by atoms with Crippen molar-refractivity contribution in [3.05, 3.63) is 54.0 Å². The highest BCUT2D eigenvalue weighted by molar-refractivity contribution is 7.99. The van der Waals surface area contributed by atoms with Crippen molar-refractivity contribution in [3.8, 4) is 11.5 Å². The van der Waals surface area contributed by atoms with E-state index in [2.05, 4.69) is 20.4 Å². The van der Waals surface area contributed by atoms with E-state index in [1.54, 1.807) is 30.5 Å². The van der Waals surface area contributed by atoms with Crippen molar-refractivity contribution >= 4 is 29.3 Å². The van der Waals surface area contributed by atoms with Gasteiger partial charge in [-0.2, -0.15) is 4.98 Å². The van der Waals surface area contributed by atoms with Crippen LogP contribution in [-0.2, 0) is 4.79 Å². The summed E-state index contributed by atoms with van der Waals surface area (Å²) >= 11 is 1.32. The smallest absolute Gasteiger partial charge is 0.259 e. The zero-order valence-corrected chi connectivity index (χ0v) is 15.6. The first kappa shape index (κ1) is 18.2. The summed E-state index contributed by atoms with van der Waals surface area (Å²) in [5.74, 6) is 1.18. The van der Waals surface area contributed by atoms with Gasteiger partial charge in [-0.05, 0) is 49.2 Å². The second-order valence-electron chi connectivity index (χ2n) is 6.40. The lowest BCUT2D eigenvalue weighted by atomic mass is 10.2. The molecule has 142 valence electrons. The molecule has 9 heteroatoms. The molecule has 1 saturated carbocycles. The van der Waals surface area contributed by atoms with Gasteiger partial charge < -0.3 is 15.6 Å². The predicted octanol–water partition coefficient (Wildman–Crippen LogP) is 2.84. The van der Waals surface area contributed by atoms with Crippen molar-refractivity contribution in [2.75, 3.05) is 11.1 Å². The Kier molecular flexibility index (Phi) is 5.07. The number of pyridine rings is 1. The lowest BCUT2D eigenvalue weighted by Crippen LogP contribution is -2.15. The lowest BCUT2D eigenvalue weighted by Gasteiger charge is -2.05. The number of rotatable bonds is 7. The van der Waals surface area contributed by atoms with Crippen molar-refractivity contribution in [2.45, 2.75) is 23.8 Å². The van der Waals surface area contributed by atoms with Gasteiger partial charge in [-0.15, -0.1) is 0 Å². The predicted molar refractivity (Wildman–Crippen MR) is 104 cm³/mol. The van der Waals surface area contributed by atoms with Crippen molar-refractivity contribution in [2.24, 2.45) is 5.73 Å². The molecule has 0 saturated heterocycles. The molecule has 0 spiro atoms. The quantitative estimate of drug-likeness (QED) is 0.589. The molecule has 0 bridgehead atoms. The Morgan fingerprint density at radius 1 is 1.18 bits per heavy atom. The summed E-state index contributed by atoms with van der Waals surface area (Å²) in [7, 11) is 0. The van der Waals surface area contributed by atoms with Gasteiger partial charge in [-0.1, -0.05) is 16.9 Å². The summed E-state index contributed by atoms with van der Waals surface area (Å²) in [6, 6.07) is 10.1. The van der Waals surface area contributed by atoms with Crippen LogP contribution in [0, 0.1) is 0 Å². The van der Waals surface area contributed by atoms with Gasteiger partial charge in [0.25, 0.3) is 5.89 Å². The third kappa shape index (κ3) is 4.37. The maximum absolute atomic E-state index is 12.1. The number of carbonyl (C=O) groups is 2. The number of nitrogens with one attached hydrogen (secondary N) is 1.